The molecule has 1 aliphatic carbocycles. The molecule has 0 unspecified atom stereocenters. The van der Waals surface area contributed by atoms with Crippen LogP contribution < -0.4 is 5.32 Å². The van der Waals surface area contributed by atoms with E-state index >= 15 is 0 Å². The van der Waals surface area contributed by atoms with E-state index in [-0.39, 0.29) is 6.04 Å². The van der Waals surface area contributed by atoms with Gasteiger partial charge in [-0.05, 0) is 47.0 Å². The Labute approximate surface area is 118 Å². The first-order chi connectivity index (χ1) is 8.88. The van der Waals surface area contributed by atoms with E-state index in [0.29, 0.717) is 16.6 Å². The Morgan fingerprint density at radius 3 is 2.53 bits per heavy atom. The van der Waals surface area contributed by atoms with Gasteiger partial charge in [0.15, 0.2) is 0 Å². The summed E-state index contributed by atoms with van der Waals surface area (Å²) in [5.74, 6) is 0. The maximum absolute atomic E-state index is 12.7. The predicted octanol–water partition coefficient (Wildman–Crippen LogP) is 4.18. The number of hydrogen-bond acceptors (Lipinski definition) is 2. The second-order valence-corrected chi connectivity index (χ2v) is 5.65. The van der Waals surface area contributed by atoms with Gasteiger partial charge in [0.1, 0.15) is 0 Å². The molecule has 0 amide bonds. The third-order valence-electron chi connectivity index (χ3n) is 3.36. The fraction of sp³-hybridized carbons (Fsp3) is 0.538. The van der Waals surface area contributed by atoms with Gasteiger partial charge in [-0.25, -0.2) is 0 Å². The van der Waals surface area contributed by atoms with Crippen LogP contribution in [0.1, 0.15) is 31.2 Å². The van der Waals surface area contributed by atoms with Gasteiger partial charge in [0.2, 0.25) is 0 Å². The molecule has 1 fully saturated rings. The van der Waals surface area contributed by atoms with Crippen molar-refractivity contribution in [3.05, 3.63) is 28.2 Å². The number of halogens is 4. The third-order valence-corrected chi connectivity index (χ3v) is 4.06. The van der Waals surface area contributed by atoms with Crippen LogP contribution in [0.2, 0.25) is 0 Å². The van der Waals surface area contributed by atoms with Crippen molar-refractivity contribution in [3.63, 3.8) is 0 Å². The first-order valence-electron chi connectivity index (χ1n) is 6.19. The number of benzene rings is 1. The summed E-state index contributed by atoms with van der Waals surface area (Å²) in [6.45, 7) is 0. The molecule has 0 spiro atoms. The van der Waals surface area contributed by atoms with Crippen LogP contribution in [0.25, 0.3) is 0 Å². The number of alkyl halides is 3. The number of nitrogens with one attached hydrogen (secondary N) is 1. The van der Waals surface area contributed by atoms with E-state index in [1.165, 1.54) is 6.07 Å². The van der Waals surface area contributed by atoms with Crippen LogP contribution in [0, 0.1) is 0 Å². The van der Waals surface area contributed by atoms with E-state index in [1.54, 1.807) is 0 Å². The van der Waals surface area contributed by atoms with Gasteiger partial charge in [0.25, 0.3) is 0 Å². The Morgan fingerprint density at radius 2 is 1.89 bits per heavy atom. The highest BCUT2D eigenvalue weighted by Gasteiger charge is 2.31. The van der Waals surface area contributed by atoms with Gasteiger partial charge in [-0.2, -0.15) is 13.2 Å². The summed E-state index contributed by atoms with van der Waals surface area (Å²) in [5, 5.41) is 12.9. The first kappa shape index (κ1) is 14.7. The normalized spacial score (nSPS) is 24.3. The second kappa shape index (κ2) is 5.71. The van der Waals surface area contributed by atoms with E-state index in [0.717, 1.165) is 31.4 Å². The van der Waals surface area contributed by atoms with E-state index in [4.69, 9.17) is 0 Å². The third kappa shape index (κ3) is 3.63. The van der Waals surface area contributed by atoms with Gasteiger partial charge in [-0.1, -0.05) is 12.8 Å². The molecule has 2 rings (SSSR count). The molecule has 0 radical (unpaired) electrons. The Bertz CT molecular complexity index is 450. The topological polar surface area (TPSA) is 32.3 Å². The van der Waals surface area contributed by atoms with Crippen molar-refractivity contribution in [2.75, 3.05) is 5.32 Å². The van der Waals surface area contributed by atoms with Crippen molar-refractivity contribution in [1.82, 2.24) is 0 Å². The minimum Gasteiger partial charge on any atom is -0.391 e. The van der Waals surface area contributed by atoms with Crippen molar-refractivity contribution in [1.29, 1.82) is 0 Å². The van der Waals surface area contributed by atoms with Crippen LogP contribution in [0.3, 0.4) is 0 Å². The summed E-state index contributed by atoms with van der Waals surface area (Å²) in [6, 6.07) is 3.30. The fourth-order valence-electron chi connectivity index (χ4n) is 2.29. The summed E-state index contributed by atoms with van der Waals surface area (Å²) < 4.78 is 38.6. The molecule has 1 saturated carbocycles. The van der Waals surface area contributed by atoms with E-state index < -0.39 is 17.8 Å². The maximum Gasteiger partial charge on any atom is 0.416 e. The molecule has 1 aromatic carbocycles. The molecule has 0 bridgehead atoms. The smallest absolute Gasteiger partial charge is 0.391 e. The summed E-state index contributed by atoms with van der Waals surface area (Å²) >= 11 is 3.23. The number of rotatable bonds is 2. The SMILES string of the molecule is O[C@@H]1CCCC[C@H]1Nc1cc(C(F)(F)F)ccc1Br. The largest absolute Gasteiger partial charge is 0.416 e. The molecule has 0 saturated heterocycles. The van der Waals surface area contributed by atoms with Crippen molar-refractivity contribution >= 4 is 21.6 Å². The summed E-state index contributed by atoms with van der Waals surface area (Å²) in [7, 11) is 0. The molecular formula is C13H15BrF3NO. The van der Waals surface area contributed by atoms with Gasteiger partial charge in [0, 0.05) is 10.2 Å². The van der Waals surface area contributed by atoms with Crippen LogP contribution in [0.5, 0.6) is 0 Å². The highest BCUT2D eigenvalue weighted by atomic mass is 79.9. The molecule has 1 aromatic rings. The number of aliphatic hydroxyl groups excluding tert-OH is 1. The molecule has 2 nitrogen and oxygen atoms in total. The average molecular weight is 338 g/mol. The molecule has 106 valence electrons. The second-order valence-electron chi connectivity index (χ2n) is 4.80. The van der Waals surface area contributed by atoms with Crippen molar-refractivity contribution < 1.29 is 18.3 Å². The van der Waals surface area contributed by atoms with Crippen LogP contribution in [-0.2, 0) is 6.18 Å². The zero-order valence-electron chi connectivity index (χ0n) is 10.2. The molecule has 0 aliphatic heterocycles. The summed E-state index contributed by atoms with van der Waals surface area (Å²) in [5.41, 5.74) is -0.315. The molecule has 1 aliphatic rings. The van der Waals surface area contributed by atoms with Crippen molar-refractivity contribution in [2.24, 2.45) is 0 Å². The maximum atomic E-state index is 12.7. The first-order valence-corrected chi connectivity index (χ1v) is 6.98. The monoisotopic (exact) mass is 337 g/mol. The van der Waals surface area contributed by atoms with Crippen LogP contribution in [-0.4, -0.2) is 17.3 Å². The minimum atomic E-state index is -4.36. The average Bonchev–Trinajstić information content (AvgIpc) is 2.33. The lowest BCUT2D eigenvalue weighted by atomic mass is 9.92. The lowest BCUT2D eigenvalue weighted by Gasteiger charge is -2.29. The van der Waals surface area contributed by atoms with E-state index in [2.05, 4.69) is 21.2 Å². The van der Waals surface area contributed by atoms with Gasteiger partial charge in [0.05, 0.1) is 17.7 Å². The molecule has 0 heterocycles. The minimum absolute atomic E-state index is 0.187. The number of hydrogen-bond donors (Lipinski definition) is 2. The molecular weight excluding hydrogens is 323 g/mol. The van der Waals surface area contributed by atoms with Gasteiger partial charge >= 0.3 is 6.18 Å². The van der Waals surface area contributed by atoms with Crippen LogP contribution in [0.4, 0.5) is 18.9 Å². The quantitative estimate of drug-likeness (QED) is 0.848. The van der Waals surface area contributed by atoms with Crippen molar-refractivity contribution in [2.45, 2.75) is 44.0 Å². The zero-order chi connectivity index (χ0) is 14.0. The Kier molecular flexibility index (Phi) is 4.40. The number of aliphatic hydroxyl groups is 1. The lowest BCUT2D eigenvalue weighted by molar-refractivity contribution is -0.137. The number of anilines is 1. The Hall–Kier alpha value is -0.750. The highest BCUT2D eigenvalue weighted by Crippen LogP contribution is 2.35. The summed E-state index contributed by atoms with van der Waals surface area (Å²) in [4.78, 5) is 0. The molecule has 2 N–H and O–H groups in total. The van der Waals surface area contributed by atoms with Gasteiger partial charge in [-0.15, -0.1) is 0 Å². The predicted molar refractivity (Wildman–Crippen MR) is 71.0 cm³/mol. The lowest BCUT2D eigenvalue weighted by Crippen LogP contribution is -2.36. The van der Waals surface area contributed by atoms with Crippen LogP contribution >= 0.6 is 15.9 Å². The fourth-order valence-corrected chi connectivity index (χ4v) is 2.65. The molecule has 19 heavy (non-hydrogen) atoms. The van der Waals surface area contributed by atoms with E-state index in [1.807, 2.05) is 0 Å². The standard InChI is InChI=1S/C13H15BrF3NO/c14-9-6-5-8(13(15,16)17)7-11(9)18-10-3-1-2-4-12(10)19/h5-7,10,12,18-19H,1-4H2/t10-,12-/m1/s1. The molecule has 2 atom stereocenters. The molecule has 0 aromatic heterocycles. The Balaban J connectivity index is 2.19. The van der Waals surface area contributed by atoms with Crippen molar-refractivity contribution in [3.8, 4) is 0 Å². The Morgan fingerprint density at radius 1 is 1.21 bits per heavy atom. The van der Waals surface area contributed by atoms with Crippen LogP contribution in [0.15, 0.2) is 22.7 Å². The van der Waals surface area contributed by atoms with Gasteiger partial charge < -0.3 is 10.4 Å². The van der Waals surface area contributed by atoms with E-state index in [9.17, 15) is 18.3 Å². The zero-order valence-corrected chi connectivity index (χ0v) is 11.8. The van der Waals surface area contributed by atoms with Gasteiger partial charge in [-0.3, -0.25) is 0 Å². The molecule has 6 heteroatoms. The highest BCUT2D eigenvalue weighted by molar-refractivity contribution is 9.10. The summed E-state index contributed by atoms with van der Waals surface area (Å²) in [6.07, 6.45) is -1.47.